The van der Waals surface area contributed by atoms with E-state index in [-0.39, 0.29) is 37.0 Å². The molecule has 3 N–H and O–H groups in total. The van der Waals surface area contributed by atoms with Crippen LogP contribution in [-0.4, -0.2) is 77.1 Å². The first kappa shape index (κ1) is 31.0. The van der Waals surface area contributed by atoms with Gasteiger partial charge in [0.1, 0.15) is 0 Å². The molecule has 1 heterocycles. The van der Waals surface area contributed by atoms with Crippen molar-refractivity contribution in [1.82, 2.24) is 5.32 Å². The largest absolute Gasteiger partial charge is 0.379 e. The molecule has 0 aliphatic carbocycles. The van der Waals surface area contributed by atoms with E-state index in [2.05, 4.69) is 11.4 Å². The molecule has 10 heteroatoms. The molecule has 1 aliphatic heterocycles. The minimum Gasteiger partial charge on any atom is -0.379 e. The van der Waals surface area contributed by atoms with Gasteiger partial charge < -0.3 is 34.9 Å². The number of amides is 3. The van der Waals surface area contributed by atoms with Gasteiger partial charge in [0, 0.05) is 25.8 Å². The maximum absolute atomic E-state index is 13.2. The molecule has 0 unspecified atom stereocenters. The Bertz CT molecular complexity index is 1120. The zero-order chi connectivity index (χ0) is 28.4. The van der Waals surface area contributed by atoms with E-state index < -0.39 is 0 Å². The second kappa shape index (κ2) is 17.9. The van der Waals surface area contributed by atoms with E-state index in [0.29, 0.717) is 65.9 Å². The Hall–Kier alpha value is -3.57. The predicted molar refractivity (Wildman–Crippen MR) is 152 cm³/mol. The molecule has 3 amide bonds. The predicted octanol–water partition coefficient (Wildman–Crippen LogP) is 2.54. The van der Waals surface area contributed by atoms with Crippen molar-refractivity contribution in [2.45, 2.75) is 25.8 Å². The fourth-order valence-corrected chi connectivity index (χ4v) is 4.01. The average Bonchev–Trinajstić information content (AvgIpc) is 2.95. The number of para-hydroxylation sites is 1. The van der Waals surface area contributed by atoms with Crippen molar-refractivity contribution in [3.63, 3.8) is 0 Å². The number of hydrogen-bond donors (Lipinski definition) is 2. The lowest BCUT2D eigenvalue weighted by Gasteiger charge is -2.27. The minimum absolute atomic E-state index is 0.0966. The summed E-state index contributed by atoms with van der Waals surface area (Å²) in [6, 6.07) is 15.8. The fraction of sp³-hybridized carbons (Fsp3) is 0.433. The summed E-state index contributed by atoms with van der Waals surface area (Å²) in [7, 11) is 0. The molecule has 2 aromatic carbocycles. The van der Waals surface area contributed by atoms with E-state index >= 15 is 0 Å². The van der Waals surface area contributed by atoms with E-state index in [1.54, 1.807) is 4.90 Å². The van der Waals surface area contributed by atoms with Crippen molar-refractivity contribution < 1.29 is 33.3 Å². The number of carbonyl (C=O) groups excluding carboxylic acids is 3. The highest BCUT2D eigenvalue weighted by Gasteiger charge is 2.21. The number of nitrogens with two attached hydrogens (primary N) is 1. The van der Waals surface area contributed by atoms with Crippen LogP contribution in [-0.2, 0) is 39.9 Å². The topological polar surface area (TPSA) is 129 Å². The van der Waals surface area contributed by atoms with Crippen molar-refractivity contribution in [1.29, 1.82) is 0 Å². The Morgan fingerprint density at radius 3 is 1.98 bits per heavy atom. The third kappa shape index (κ3) is 11.3. The van der Waals surface area contributed by atoms with Crippen molar-refractivity contribution in [2.75, 3.05) is 64.3 Å². The third-order valence-electron chi connectivity index (χ3n) is 6.10. The fourth-order valence-electron chi connectivity index (χ4n) is 4.01. The number of anilines is 1. The van der Waals surface area contributed by atoms with Crippen LogP contribution in [0.25, 0.3) is 12.2 Å². The zero-order valence-corrected chi connectivity index (χ0v) is 22.8. The van der Waals surface area contributed by atoms with Crippen molar-refractivity contribution in [3.8, 4) is 0 Å². The maximum atomic E-state index is 13.2. The second-order valence-electron chi connectivity index (χ2n) is 9.09. The lowest BCUT2D eigenvalue weighted by atomic mass is 10.0. The molecule has 40 heavy (non-hydrogen) atoms. The Kier molecular flexibility index (Phi) is 13.9. The van der Waals surface area contributed by atoms with Crippen molar-refractivity contribution in [2.24, 2.45) is 5.73 Å². The molecule has 0 saturated carbocycles. The van der Waals surface area contributed by atoms with E-state index in [1.165, 1.54) is 0 Å². The molecule has 10 nitrogen and oxygen atoms in total. The summed E-state index contributed by atoms with van der Waals surface area (Å²) in [6.45, 7) is 3.94. The lowest BCUT2D eigenvalue weighted by Crippen LogP contribution is -2.33. The van der Waals surface area contributed by atoms with Gasteiger partial charge in [-0.25, -0.2) is 0 Å². The molecule has 1 aliphatic rings. The van der Waals surface area contributed by atoms with Gasteiger partial charge in [-0.2, -0.15) is 0 Å². The molecule has 0 bridgehead atoms. The molecule has 2 aromatic rings. The lowest BCUT2D eigenvalue weighted by molar-refractivity contribution is -0.125. The Morgan fingerprint density at radius 2 is 1.27 bits per heavy atom. The maximum Gasteiger partial charge on any atom is 0.227 e. The minimum atomic E-state index is -0.388. The SMILES string of the molecule is NC(=O)CCOCCOCCOCCOCCNC(=O)CCC(=O)N1Cc2ccccc2C=Cc2ccccc21. The van der Waals surface area contributed by atoms with Gasteiger partial charge in [-0.15, -0.1) is 0 Å². The Morgan fingerprint density at radius 1 is 0.700 bits per heavy atom. The first-order valence-corrected chi connectivity index (χ1v) is 13.6. The van der Waals surface area contributed by atoms with Crippen LogP contribution in [0.4, 0.5) is 5.69 Å². The number of carbonyl (C=O) groups is 3. The molecular formula is C30H39N3O7. The number of nitrogens with zero attached hydrogens (tertiary/aromatic N) is 1. The quantitative estimate of drug-likeness (QED) is 0.272. The summed E-state index contributed by atoms with van der Waals surface area (Å²) in [5.74, 6) is -0.675. The zero-order valence-electron chi connectivity index (χ0n) is 22.8. The van der Waals surface area contributed by atoms with Gasteiger partial charge in [0.2, 0.25) is 17.7 Å². The average molecular weight is 554 g/mol. The van der Waals surface area contributed by atoms with Gasteiger partial charge in [0.15, 0.2) is 0 Å². The smallest absolute Gasteiger partial charge is 0.227 e. The van der Waals surface area contributed by atoms with Gasteiger partial charge in [0.05, 0.1) is 65.1 Å². The van der Waals surface area contributed by atoms with Crippen molar-refractivity contribution >= 4 is 35.6 Å². The number of ether oxygens (including phenoxy) is 4. The van der Waals surface area contributed by atoms with Crippen LogP contribution >= 0.6 is 0 Å². The summed E-state index contributed by atoms with van der Waals surface area (Å²) < 4.78 is 21.4. The Labute approximate surface area is 235 Å². The van der Waals surface area contributed by atoms with Gasteiger partial charge >= 0.3 is 0 Å². The summed E-state index contributed by atoms with van der Waals surface area (Å²) in [6.07, 6.45) is 4.52. The molecule has 0 spiro atoms. The molecule has 3 rings (SSSR count). The molecule has 0 aromatic heterocycles. The van der Waals surface area contributed by atoms with Gasteiger partial charge in [-0.3, -0.25) is 14.4 Å². The van der Waals surface area contributed by atoms with Crippen LogP contribution in [0.1, 0.15) is 36.0 Å². The molecule has 0 saturated heterocycles. The summed E-state index contributed by atoms with van der Waals surface area (Å²) >= 11 is 0. The van der Waals surface area contributed by atoms with Crippen LogP contribution < -0.4 is 16.0 Å². The molecule has 0 atom stereocenters. The third-order valence-corrected chi connectivity index (χ3v) is 6.10. The number of fused-ring (bicyclic) bond motifs is 2. The molecule has 0 radical (unpaired) electrons. The van der Waals surface area contributed by atoms with Crippen LogP contribution in [0.5, 0.6) is 0 Å². The normalized spacial score (nSPS) is 12.2. The van der Waals surface area contributed by atoms with E-state index in [0.717, 1.165) is 22.4 Å². The summed E-state index contributed by atoms with van der Waals surface area (Å²) in [5.41, 5.74) is 8.96. The standard InChI is InChI=1S/C30H39N3O7/c31-28(34)13-15-37-17-19-39-21-22-40-20-18-38-16-14-32-29(35)11-12-30(36)33-23-26-7-2-1-5-24(26)9-10-25-6-3-4-8-27(25)33/h1-10H,11-23H2,(H2,31,34)(H,32,35). The van der Waals surface area contributed by atoms with Crippen LogP contribution in [0.15, 0.2) is 48.5 Å². The number of primary amides is 1. The van der Waals surface area contributed by atoms with Gasteiger partial charge in [0.25, 0.3) is 0 Å². The Balaban J connectivity index is 1.25. The van der Waals surface area contributed by atoms with Crippen LogP contribution in [0.2, 0.25) is 0 Å². The highest BCUT2D eigenvalue weighted by atomic mass is 16.6. The summed E-state index contributed by atoms with van der Waals surface area (Å²) in [4.78, 5) is 37.9. The number of rotatable bonds is 18. The van der Waals surface area contributed by atoms with Crippen molar-refractivity contribution in [3.05, 3.63) is 65.2 Å². The van der Waals surface area contributed by atoms with E-state index in [1.807, 2.05) is 54.6 Å². The first-order chi connectivity index (χ1) is 19.5. The highest BCUT2D eigenvalue weighted by molar-refractivity contribution is 5.98. The molecule has 216 valence electrons. The number of nitrogens with one attached hydrogen (secondary N) is 1. The first-order valence-electron chi connectivity index (χ1n) is 13.6. The van der Waals surface area contributed by atoms with Crippen LogP contribution in [0.3, 0.4) is 0 Å². The second-order valence-corrected chi connectivity index (χ2v) is 9.09. The van der Waals surface area contributed by atoms with Crippen LogP contribution in [0, 0.1) is 0 Å². The van der Waals surface area contributed by atoms with E-state index in [9.17, 15) is 14.4 Å². The summed E-state index contributed by atoms with van der Waals surface area (Å²) in [5, 5.41) is 2.80. The number of hydrogen-bond acceptors (Lipinski definition) is 7. The van der Waals surface area contributed by atoms with Gasteiger partial charge in [-0.1, -0.05) is 54.6 Å². The molecule has 0 fully saturated rings. The van der Waals surface area contributed by atoms with Gasteiger partial charge in [-0.05, 0) is 22.8 Å². The molecular weight excluding hydrogens is 514 g/mol. The van der Waals surface area contributed by atoms with E-state index in [4.69, 9.17) is 24.7 Å². The number of benzene rings is 2. The highest BCUT2D eigenvalue weighted by Crippen LogP contribution is 2.29. The monoisotopic (exact) mass is 553 g/mol.